The van der Waals surface area contributed by atoms with E-state index in [-0.39, 0.29) is 22.1 Å². The van der Waals surface area contributed by atoms with Crippen LogP contribution in [0.1, 0.15) is 72.2 Å². The first-order chi connectivity index (χ1) is 16.8. The summed E-state index contributed by atoms with van der Waals surface area (Å²) in [7, 11) is 0. The third kappa shape index (κ3) is 3.89. The van der Waals surface area contributed by atoms with Crippen LogP contribution in [0.15, 0.2) is 47.4 Å². The molecule has 0 bridgehead atoms. The molecule has 0 amide bonds. The highest BCUT2D eigenvalue weighted by Gasteiger charge is 2.41. The average molecular weight is 486 g/mol. The highest BCUT2D eigenvalue weighted by molar-refractivity contribution is 5.77. The summed E-state index contributed by atoms with van der Waals surface area (Å²) in [6.07, 6.45) is 1.60. The van der Waals surface area contributed by atoms with Gasteiger partial charge in [0.15, 0.2) is 11.5 Å². The number of fused-ring (bicyclic) bond motifs is 2. The smallest absolute Gasteiger partial charge is 0.278 e. The quantitative estimate of drug-likeness (QED) is 0.417. The zero-order valence-corrected chi connectivity index (χ0v) is 22.4. The molecule has 0 atom stereocenters. The summed E-state index contributed by atoms with van der Waals surface area (Å²) < 4.78 is 3.46. The van der Waals surface area contributed by atoms with Crippen LogP contribution in [-0.4, -0.2) is 24.3 Å². The molecule has 0 saturated heterocycles. The van der Waals surface area contributed by atoms with Gasteiger partial charge in [-0.15, -0.1) is 0 Å². The average Bonchev–Trinajstić information content (AvgIpc) is 3.18. The van der Waals surface area contributed by atoms with E-state index in [1.54, 1.807) is 15.6 Å². The number of rotatable bonds is 4. The van der Waals surface area contributed by atoms with Crippen molar-refractivity contribution in [1.29, 1.82) is 0 Å². The molecule has 0 unspecified atom stereocenters. The zero-order chi connectivity index (χ0) is 26.0. The second-order valence-electron chi connectivity index (χ2n) is 11.7. The van der Waals surface area contributed by atoms with Gasteiger partial charge in [0, 0.05) is 40.6 Å². The fraction of sp³-hybridized carbons (Fsp3) is 0.429. The summed E-state index contributed by atoms with van der Waals surface area (Å²) in [6.45, 7) is 17.6. The van der Waals surface area contributed by atoms with Crippen LogP contribution in [0.2, 0.25) is 0 Å². The van der Waals surface area contributed by atoms with Crippen molar-refractivity contribution in [3.63, 3.8) is 0 Å². The van der Waals surface area contributed by atoms with Crippen LogP contribution < -0.4 is 16.2 Å². The summed E-state index contributed by atoms with van der Waals surface area (Å²) >= 11 is 0. The van der Waals surface area contributed by atoms with Gasteiger partial charge < -0.3 is 5.32 Å². The highest BCUT2D eigenvalue weighted by atomic mass is 16.1. The second kappa shape index (κ2) is 8.00. The molecule has 188 valence electrons. The van der Waals surface area contributed by atoms with Gasteiger partial charge in [0.25, 0.3) is 5.56 Å². The molecule has 3 aromatic heterocycles. The van der Waals surface area contributed by atoms with Crippen LogP contribution in [0, 0.1) is 0 Å². The first-order valence-electron chi connectivity index (χ1n) is 12.5. The van der Waals surface area contributed by atoms with Crippen molar-refractivity contribution in [1.82, 2.24) is 29.6 Å². The molecule has 0 fully saturated rings. The molecular formula is C28H35N7O. The van der Waals surface area contributed by atoms with Crippen LogP contribution in [0.5, 0.6) is 0 Å². The molecule has 4 heterocycles. The predicted molar refractivity (Wildman–Crippen MR) is 144 cm³/mol. The van der Waals surface area contributed by atoms with Crippen molar-refractivity contribution in [2.45, 2.75) is 78.4 Å². The monoisotopic (exact) mass is 485 g/mol. The Hall–Kier alpha value is -3.52. The van der Waals surface area contributed by atoms with E-state index in [0.717, 1.165) is 11.4 Å². The lowest BCUT2D eigenvalue weighted by molar-refractivity contribution is 0.319. The molecule has 0 radical (unpaired) electrons. The van der Waals surface area contributed by atoms with Crippen LogP contribution in [-0.2, 0) is 23.0 Å². The number of nitrogens with one attached hydrogen (secondary N) is 2. The summed E-state index contributed by atoms with van der Waals surface area (Å²) in [6, 6.07) is 12.3. The highest BCUT2D eigenvalue weighted by Crippen LogP contribution is 2.42. The molecule has 4 aromatic rings. The minimum absolute atomic E-state index is 0.0967. The van der Waals surface area contributed by atoms with Gasteiger partial charge in [-0.1, -0.05) is 32.9 Å². The van der Waals surface area contributed by atoms with Crippen molar-refractivity contribution in [3.8, 4) is 5.82 Å². The van der Waals surface area contributed by atoms with E-state index in [9.17, 15) is 4.79 Å². The lowest BCUT2D eigenvalue weighted by atomic mass is 9.90. The molecule has 1 aliphatic rings. The molecule has 2 N–H and O–H groups in total. The maximum atomic E-state index is 13.2. The fourth-order valence-electron chi connectivity index (χ4n) is 5.29. The molecule has 8 nitrogen and oxygen atoms in total. The largest absolute Gasteiger partial charge is 0.324 e. The number of anilines is 2. The standard InChI is InChI=1S/C28H35N7O/c1-9-34-24(36)18-16-29-25(30-17-13-14-19-20(15-17)28(7,8)33-27(19,5)6)32-23(18)35(34)22-12-10-11-21(31-22)26(2,3)4/h10-16,33H,9H2,1-8H3,(H,29,30,32). The summed E-state index contributed by atoms with van der Waals surface area (Å²) in [5.41, 5.74) is 4.41. The van der Waals surface area contributed by atoms with Gasteiger partial charge in [-0.25, -0.2) is 19.3 Å². The molecule has 0 aliphatic carbocycles. The van der Waals surface area contributed by atoms with E-state index in [0.29, 0.717) is 29.3 Å². The van der Waals surface area contributed by atoms with Gasteiger partial charge in [-0.05, 0) is 70.0 Å². The third-order valence-electron chi connectivity index (χ3n) is 6.94. The Morgan fingerprint density at radius 1 is 1.00 bits per heavy atom. The number of hydrogen-bond acceptors (Lipinski definition) is 6. The second-order valence-corrected chi connectivity index (χ2v) is 11.7. The SMILES string of the molecule is CCn1c(=O)c2cnc(Nc3ccc4c(c3)C(C)(C)NC4(C)C)nc2n1-c1cccc(C(C)(C)C)n1. The summed E-state index contributed by atoms with van der Waals surface area (Å²) in [5, 5.41) is 7.52. The number of benzene rings is 1. The molecule has 0 saturated carbocycles. The maximum Gasteiger partial charge on any atom is 0.278 e. The van der Waals surface area contributed by atoms with Gasteiger partial charge in [0.05, 0.1) is 0 Å². The van der Waals surface area contributed by atoms with E-state index < -0.39 is 0 Å². The van der Waals surface area contributed by atoms with Crippen molar-refractivity contribution in [3.05, 3.63) is 69.8 Å². The molecular weight excluding hydrogens is 450 g/mol. The molecule has 1 aliphatic heterocycles. The Morgan fingerprint density at radius 2 is 1.72 bits per heavy atom. The van der Waals surface area contributed by atoms with Crippen molar-refractivity contribution >= 4 is 22.7 Å². The minimum atomic E-state index is -0.149. The Balaban J connectivity index is 1.61. The van der Waals surface area contributed by atoms with E-state index >= 15 is 0 Å². The van der Waals surface area contributed by atoms with Crippen molar-refractivity contribution in [2.24, 2.45) is 0 Å². The van der Waals surface area contributed by atoms with E-state index in [1.165, 1.54) is 11.1 Å². The first kappa shape index (κ1) is 24.2. The Kier molecular flexibility index (Phi) is 5.37. The van der Waals surface area contributed by atoms with Crippen LogP contribution in [0.3, 0.4) is 0 Å². The van der Waals surface area contributed by atoms with E-state index in [4.69, 9.17) is 9.97 Å². The lowest BCUT2D eigenvalue weighted by Crippen LogP contribution is -2.39. The van der Waals surface area contributed by atoms with Gasteiger partial charge in [0.1, 0.15) is 5.39 Å². The zero-order valence-electron chi connectivity index (χ0n) is 22.4. The fourth-order valence-corrected chi connectivity index (χ4v) is 5.29. The third-order valence-corrected chi connectivity index (χ3v) is 6.94. The number of aromatic nitrogens is 5. The summed E-state index contributed by atoms with van der Waals surface area (Å²) in [4.78, 5) is 27.3. The number of pyridine rings is 1. The Bertz CT molecular complexity index is 1540. The van der Waals surface area contributed by atoms with Crippen LogP contribution in [0.25, 0.3) is 16.9 Å². The molecule has 5 rings (SSSR count). The van der Waals surface area contributed by atoms with Gasteiger partial charge in [-0.2, -0.15) is 4.98 Å². The van der Waals surface area contributed by atoms with Crippen molar-refractivity contribution < 1.29 is 0 Å². The number of hydrogen-bond donors (Lipinski definition) is 2. The number of nitrogens with zero attached hydrogens (tertiary/aromatic N) is 5. The Morgan fingerprint density at radius 3 is 2.42 bits per heavy atom. The first-order valence-corrected chi connectivity index (χ1v) is 12.5. The minimum Gasteiger partial charge on any atom is -0.324 e. The van der Waals surface area contributed by atoms with E-state index in [1.807, 2.05) is 25.1 Å². The van der Waals surface area contributed by atoms with Gasteiger partial charge >= 0.3 is 0 Å². The van der Waals surface area contributed by atoms with Gasteiger partial charge in [0.2, 0.25) is 5.95 Å². The van der Waals surface area contributed by atoms with E-state index in [2.05, 4.69) is 82.3 Å². The molecule has 8 heteroatoms. The topological polar surface area (TPSA) is 89.7 Å². The molecule has 36 heavy (non-hydrogen) atoms. The molecule has 0 spiro atoms. The normalized spacial score (nSPS) is 16.3. The summed E-state index contributed by atoms with van der Waals surface area (Å²) in [5.74, 6) is 1.09. The van der Waals surface area contributed by atoms with Crippen LogP contribution in [0.4, 0.5) is 11.6 Å². The maximum absolute atomic E-state index is 13.2. The molecule has 1 aromatic carbocycles. The Labute approximate surface area is 211 Å². The van der Waals surface area contributed by atoms with Crippen LogP contribution >= 0.6 is 0 Å². The predicted octanol–water partition coefficient (Wildman–Crippen LogP) is 5.11. The van der Waals surface area contributed by atoms with Crippen molar-refractivity contribution in [2.75, 3.05) is 5.32 Å². The van der Waals surface area contributed by atoms with Gasteiger partial charge in [-0.3, -0.25) is 10.1 Å². The lowest BCUT2D eigenvalue weighted by Gasteiger charge is -2.25.